The minimum absolute atomic E-state index is 0.547. The largest absolute Gasteiger partial charge is 0.362 e. The van der Waals surface area contributed by atoms with Crippen LogP contribution in [0.1, 0.15) is 5.82 Å². The van der Waals surface area contributed by atoms with E-state index >= 15 is 0 Å². The molecule has 1 N–H and O–H groups in total. The van der Waals surface area contributed by atoms with Crippen molar-refractivity contribution >= 4 is 28.3 Å². The van der Waals surface area contributed by atoms with E-state index in [1.165, 1.54) is 12.7 Å². The molecule has 0 saturated carbocycles. The molecule has 0 aliphatic heterocycles. The third-order valence-electron chi connectivity index (χ3n) is 2.82. The maximum absolute atomic E-state index is 5.95. The molecular formula is C12H11ClN6. The maximum Gasteiger partial charge on any atom is 0.145 e. The zero-order chi connectivity index (χ0) is 13.2. The zero-order valence-electron chi connectivity index (χ0n) is 10.2. The summed E-state index contributed by atoms with van der Waals surface area (Å²) in [5.41, 5.74) is 0.808. The first kappa shape index (κ1) is 11.9. The molecular weight excluding hydrogens is 264 g/mol. The number of anilines is 1. The van der Waals surface area contributed by atoms with Crippen LogP contribution in [0.4, 0.5) is 5.82 Å². The van der Waals surface area contributed by atoms with Gasteiger partial charge in [-0.15, -0.1) is 0 Å². The van der Waals surface area contributed by atoms with Crippen molar-refractivity contribution in [1.29, 1.82) is 0 Å². The number of fused-ring (bicyclic) bond motifs is 1. The third-order valence-corrected chi connectivity index (χ3v) is 3.05. The summed E-state index contributed by atoms with van der Waals surface area (Å²) in [4.78, 5) is 12.6. The first-order valence-corrected chi connectivity index (χ1v) is 6.09. The number of aromatic nitrogens is 5. The molecule has 3 aromatic rings. The molecule has 96 valence electrons. The molecule has 0 fully saturated rings. The molecule has 6 nitrogen and oxygen atoms in total. The van der Waals surface area contributed by atoms with E-state index in [4.69, 9.17) is 11.6 Å². The Morgan fingerprint density at radius 2 is 2.11 bits per heavy atom. The van der Waals surface area contributed by atoms with Gasteiger partial charge in [-0.05, 0) is 18.2 Å². The lowest BCUT2D eigenvalue weighted by Crippen LogP contribution is -2.08. The minimum atomic E-state index is 0.547. The Balaban J connectivity index is 1.91. The minimum Gasteiger partial charge on any atom is -0.362 e. The molecule has 0 bridgehead atoms. The van der Waals surface area contributed by atoms with E-state index < -0.39 is 0 Å². The van der Waals surface area contributed by atoms with Crippen molar-refractivity contribution in [3.63, 3.8) is 0 Å². The van der Waals surface area contributed by atoms with Crippen LogP contribution in [0.3, 0.4) is 0 Å². The molecule has 0 spiro atoms. The Bertz CT molecular complexity index is 723. The van der Waals surface area contributed by atoms with Gasteiger partial charge in [0.1, 0.15) is 24.3 Å². The fourth-order valence-electron chi connectivity index (χ4n) is 1.81. The van der Waals surface area contributed by atoms with Gasteiger partial charge < -0.3 is 5.32 Å². The molecule has 19 heavy (non-hydrogen) atoms. The highest BCUT2D eigenvalue weighted by molar-refractivity contribution is 6.31. The van der Waals surface area contributed by atoms with Gasteiger partial charge in [0.15, 0.2) is 0 Å². The predicted octanol–water partition coefficient (Wildman–Crippen LogP) is 2.02. The average molecular weight is 275 g/mol. The van der Waals surface area contributed by atoms with Crippen molar-refractivity contribution in [2.45, 2.75) is 6.54 Å². The molecule has 3 rings (SSSR count). The van der Waals surface area contributed by atoms with E-state index in [9.17, 15) is 0 Å². The Kier molecular flexibility index (Phi) is 3.00. The summed E-state index contributed by atoms with van der Waals surface area (Å²) in [5.74, 6) is 1.59. The van der Waals surface area contributed by atoms with Crippen LogP contribution in [-0.4, -0.2) is 24.7 Å². The summed E-state index contributed by atoms with van der Waals surface area (Å²) in [7, 11) is 1.85. The van der Waals surface area contributed by atoms with E-state index in [-0.39, 0.29) is 0 Å². The second-order valence-corrected chi connectivity index (χ2v) is 4.47. The third kappa shape index (κ3) is 2.34. The summed E-state index contributed by atoms with van der Waals surface area (Å²) in [6, 6.07) is 5.53. The van der Waals surface area contributed by atoms with Crippen LogP contribution in [0.15, 0.2) is 30.9 Å². The van der Waals surface area contributed by atoms with Crippen molar-refractivity contribution in [2.24, 2.45) is 7.05 Å². The fourth-order valence-corrected chi connectivity index (χ4v) is 1.98. The van der Waals surface area contributed by atoms with Gasteiger partial charge >= 0.3 is 0 Å². The summed E-state index contributed by atoms with van der Waals surface area (Å²) >= 11 is 5.95. The summed E-state index contributed by atoms with van der Waals surface area (Å²) in [6.45, 7) is 0.547. The van der Waals surface area contributed by atoms with Crippen LogP contribution < -0.4 is 5.32 Å². The molecule has 0 unspecified atom stereocenters. The number of rotatable bonds is 3. The molecule has 0 aliphatic carbocycles. The van der Waals surface area contributed by atoms with Gasteiger partial charge in [0.2, 0.25) is 0 Å². The molecule has 0 amide bonds. The van der Waals surface area contributed by atoms with E-state index in [0.29, 0.717) is 11.6 Å². The lowest BCUT2D eigenvalue weighted by atomic mass is 10.2. The van der Waals surface area contributed by atoms with Gasteiger partial charge in [-0.3, -0.25) is 4.68 Å². The Morgan fingerprint density at radius 1 is 1.21 bits per heavy atom. The molecule has 0 radical (unpaired) electrons. The molecule has 2 heterocycles. The Morgan fingerprint density at radius 3 is 2.89 bits per heavy atom. The van der Waals surface area contributed by atoms with E-state index in [1.807, 2.05) is 25.2 Å². The lowest BCUT2D eigenvalue weighted by Gasteiger charge is -2.07. The highest BCUT2D eigenvalue weighted by Crippen LogP contribution is 2.22. The Hall–Kier alpha value is -2.21. The monoisotopic (exact) mass is 274 g/mol. The van der Waals surface area contributed by atoms with Crippen molar-refractivity contribution in [2.75, 3.05) is 5.32 Å². The number of hydrogen-bond donors (Lipinski definition) is 1. The molecule has 0 atom stereocenters. The molecule has 0 saturated heterocycles. The van der Waals surface area contributed by atoms with E-state index in [1.54, 1.807) is 4.68 Å². The van der Waals surface area contributed by atoms with Crippen molar-refractivity contribution < 1.29 is 0 Å². The van der Waals surface area contributed by atoms with Gasteiger partial charge in [-0.1, -0.05) is 11.6 Å². The summed E-state index contributed by atoms with van der Waals surface area (Å²) in [5, 5.41) is 8.83. The molecule has 7 heteroatoms. The van der Waals surface area contributed by atoms with Crippen LogP contribution in [0, 0.1) is 0 Å². The van der Waals surface area contributed by atoms with E-state index in [0.717, 1.165) is 22.5 Å². The topological polar surface area (TPSA) is 68.5 Å². The number of benzene rings is 1. The van der Waals surface area contributed by atoms with Crippen molar-refractivity contribution in [1.82, 2.24) is 24.7 Å². The first-order chi connectivity index (χ1) is 9.24. The van der Waals surface area contributed by atoms with Gasteiger partial charge in [0.05, 0.1) is 12.1 Å². The Labute approximate surface area is 114 Å². The zero-order valence-corrected chi connectivity index (χ0v) is 11.0. The van der Waals surface area contributed by atoms with Gasteiger partial charge in [-0.25, -0.2) is 15.0 Å². The standard InChI is InChI=1S/C12H11ClN6/c1-19-11(16-7-18-19)5-14-12-9-3-2-8(13)4-10(9)15-6-17-12/h2-4,6-7H,5H2,1H3,(H,14,15,17). The normalized spacial score (nSPS) is 10.8. The molecule has 0 aliphatic rings. The van der Waals surface area contributed by atoms with Crippen LogP contribution in [-0.2, 0) is 13.6 Å². The lowest BCUT2D eigenvalue weighted by molar-refractivity contribution is 0.711. The van der Waals surface area contributed by atoms with Crippen LogP contribution in [0.5, 0.6) is 0 Å². The summed E-state index contributed by atoms with van der Waals surface area (Å²) in [6.07, 6.45) is 3.03. The SMILES string of the molecule is Cn1ncnc1CNc1ncnc2cc(Cl)ccc12. The van der Waals surface area contributed by atoms with E-state index in [2.05, 4.69) is 25.4 Å². The fraction of sp³-hybridized carbons (Fsp3) is 0.167. The van der Waals surface area contributed by atoms with Gasteiger partial charge in [0.25, 0.3) is 0 Å². The highest BCUT2D eigenvalue weighted by Gasteiger charge is 2.05. The van der Waals surface area contributed by atoms with Gasteiger partial charge in [0, 0.05) is 17.5 Å². The molecule has 2 aromatic heterocycles. The number of aryl methyl sites for hydroxylation is 1. The smallest absolute Gasteiger partial charge is 0.145 e. The van der Waals surface area contributed by atoms with Crippen LogP contribution in [0.2, 0.25) is 5.02 Å². The maximum atomic E-state index is 5.95. The first-order valence-electron chi connectivity index (χ1n) is 5.71. The van der Waals surface area contributed by atoms with Gasteiger partial charge in [-0.2, -0.15) is 5.10 Å². The second-order valence-electron chi connectivity index (χ2n) is 4.04. The van der Waals surface area contributed by atoms with Crippen LogP contribution in [0.25, 0.3) is 10.9 Å². The van der Waals surface area contributed by atoms with Crippen molar-refractivity contribution in [3.05, 3.63) is 41.7 Å². The second kappa shape index (κ2) is 4.81. The highest BCUT2D eigenvalue weighted by atomic mass is 35.5. The number of halogens is 1. The van der Waals surface area contributed by atoms with Crippen molar-refractivity contribution in [3.8, 4) is 0 Å². The summed E-state index contributed by atoms with van der Waals surface area (Å²) < 4.78 is 1.72. The molecule has 1 aromatic carbocycles. The predicted molar refractivity (Wildman–Crippen MR) is 72.9 cm³/mol. The number of nitrogens with one attached hydrogen (secondary N) is 1. The quantitative estimate of drug-likeness (QED) is 0.791. The number of hydrogen-bond acceptors (Lipinski definition) is 5. The average Bonchev–Trinajstić information content (AvgIpc) is 2.81. The van der Waals surface area contributed by atoms with Crippen LogP contribution >= 0.6 is 11.6 Å². The number of nitrogens with zero attached hydrogens (tertiary/aromatic N) is 5.